The van der Waals surface area contributed by atoms with Gasteiger partial charge in [-0.3, -0.25) is 9.59 Å². The molecule has 1 rings (SSSR count). The average Bonchev–Trinajstić information content (AvgIpc) is 2.17. The van der Waals surface area contributed by atoms with Crippen molar-refractivity contribution in [2.45, 2.75) is 0 Å². The van der Waals surface area contributed by atoms with E-state index in [1.54, 1.807) is 0 Å². The van der Waals surface area contributed by atoms with Crippen molar-refractivity contribution in [3.63, 3.8) is 0 Å². The number of hydrogen-bond donors (Lipinski definition) is 0. The van der Waals surface area contributed by atoms with Gasteiger partial charge in [-0.2, -0.15) is 0 Å². The first-order valence-electron chi connectivity index (χ1n) is 3.30. The zero-order chi connectivity index (χ0) is 10.9. The largest absolute Gasteiger partial charge is 0.298 e. The van der Waals surface area contributed by atoms with Crippen LogP contribution in [0.4, 0.5) is 0 Å². The molecule has 0 aliphatic heterocycles. The van der Waals surface area contributed by atoms with Crippen LogP contribution in [0.2, 0.25) is 0 Å². The topological polar surface area (TPSA) is 34.1 Å². The summed E-state index contributed by atoms with van der Waals surface area (Å²) < 4.78 is 2.24. The van der Waals surface area contributed by atoms with E-state index in [1.807, 2.05) is 0 Å². The molecule has 1 aromatic carbocycles. The second-order valence-electron chi connectivity index (χ2n) is 2.32. The summed E-state index contributed by atoms with van der Waals surface area (Å²) in [4.78, 5) is 21.5. The van der Waals surface area contributed by atoms with Crippen LogP contribution in [0, 0.1) is 0 Å². The van der Waals surface area contributed by atoms with Gasteiger partial charge in [0.05, 0.1) is 0 Å². The molecule has 0 saturated heterocycles. The predicted molar refractivity (Wildman–Crippen MR) is 68.0 cm³/mol. The van der Waals surface area contributed by atoms with Gasteiger partial charge in [-0.1, -0.05) is 0 Å². The minimum atomic E-state index is 0.453. The molecule has 0 unspecified atom stereocenters. The Kier molecular flexibility index (Phi) is 4.49. The van der Waals surface area contributed by atoms with Crippen LogP contribution in [0.5, 0.6) is 0 Å². The standard InChI is InChI=1S/C8H2Br4O2/c9-5-3(1-13)6(10)8(12)4(2-14)7(5)11/h1-2H. The van der Waals surface area contributed by atoms with Gasteiger partial charge in [-0.05, 0) is 63.7 Å². The Labute approximate surface area is 114 Å². The van der Waals surface area contributed by atoms with E-state index in [-0.39, 0.29) is 0 Å². The quantitative estimate of drug-likeness (QED) is 0.497. The second kappa shape index (κ2) is 5.01. The van der Waals surface area contributed by atoms with Gasteiger partial charge in [0.2, 0.25) is 0 Å². The molecular weight excluding hydrogens is 448 g/mol. The molecule has 0 aromatic heterocycles. The van der Waals surface area contributed by atoms with Crippen molar-refractivity contribution in [3.8, 4) is 0 Å². The highest BCUT2D eigenvalue weighted by Gasteiger charge is 2.17. The van der Waals surface area contributed by atoms with E-state index in [0.717, 1.165) is 0 Å². The summed E-state index contributed by atoms with van der Waals surface area (Å²) in [6.07, 6.45) is 1.41. The van der Waals surface area contributed by atoms with Crippen LogP contribution >= 0.6 is 63.7 Å². The maximum Gasteiger partial charge on any atom is 0.152 e. The SMILES string of the molecule is O=Cc1c(Br)c(Br)c(C=O)c(Br)c1Br. The van der Waals surface area contributed by atoms with Gasteiger partial charge in [-0.25, -0.2) is 0 Å². The first-order valence-corrected chi connectivity index (χ1v) is 6.48. The van der Waals surface area contributed by atoms with Gasteiger partial charge < -0.3 is 0 Å². The summed E-state index contributed by atoms with van der Waals surface area (Å²) in [6.45, 7) is 0. The van der Waals surface area contributed by atoms with Crippen LogP contribution in [0.1, 0.15) is 20.7 Å². The third kappa shape index (κ3) is 2.03. The number of benzene rings is 1. The fourth-order valence-corrected chi connectivity index (χ4v) is 3.43. The Balaban J connectivity index is 3.71. The van der Waals surface area contributed by atoms with Crippen molar-refractivity contribution >= 4 is 76.3 Å². The molecule has 1 aromatic rings. The number of carbonyl (C=O) groups is 2. The van der Waals surface area contributed by atoms with E-state index in [2.05, 4.69) is 63.7 Å². The normalized spacial score (nSPS) is 10.0. The lowest BCUT2D eigenvalue weighted by atomic mass is 10.2. The minimum Gasteiger partial charge on any atom is -0.298 e. The third-order valence-corrected chi connectivity index (χ3v) is 5.93. The van der Waals surface area contributed by atoms with Gasteiger partial charge in [0, 0.05) is 29.0 Å². The van der Waals surface area contributed by atoms with Gasteiger partial charge in [0.1, 0.15) is 0 Å². The minimum absolute atomic E-state index is 0.453. The molecule has 6 heteroatoms. The number of halogens is 4. The lowest BCUT2D eigenvalue weighted by Crippen LogP contribution is -1.94. The summed E-state index contributed by atoms with van der Waals surface area (Å²) in [7, 11) is 0. The fourth-order valence-electron chi connectivity index (χ4n) is 0.873. The summed E-state index contributed by atoms with van der Waals surface area (Å²) in [5, 5.41) is 0. The van der Waals surface area contributed by atoms with Crippen molar-refractivity contribution in [1.29, 1.82) is 0 Å². The molecule has 0 atom stereocenters. The number of rotatable bonds is 2. The summed E-state index contributed by atoms with van der Waals surface area (Å²) in [5.41, 5.74) is 0.906. The average molecular weight is 450 g/mol. The van der Waals surface area contributed by atoms with Crippen molar-refractivity contribution in [1.82, 2.24) is 0 Å². The molecule has 0 fully saturated rings. The molecule has 2 nitrogen and oxygen atoms in total. The van der Waals surface area contributed by atoms with E-state index in [1.165, 1.54) is 0 Å². The predicted octanol–water partition coefficient (Wildman–Crippen LogP) is 4.36. The van der Waals surface area contributed by atoms with Gasteiger partial charge >= 0.3 is 0 Å². The van der Waals surface area contributed by atoms with Crippen LogP contribution in [-0.2, 0) is 0 Å². The summed E-state index contributed by atoms with van der Waals surface area (Å²) in [5.74, 6) is 0. The Hall–Kier alpha value is 0.480. The molecular formula is C8H2Br4O2. The van der Waals surface area contributed by atoms with E-state index in [9.17, 15) is 9.59 Å². The van der Waals surface area contributed by atoms with Crippen molar-refractivity contribution in [2.75, 3.05) is 0 Å². The smallest absolute Gasteiger partial charge is 0.152 e. The molecule has 0 N–H and O–H groups in total. The van der Waals surface area contributed by atoms with Crippen LogP contribution in [-0.4, -0.2) is 12.6 Å². The van der Waals surface area contributed by atoms with Gasteiger partial charge in [-0.15, -0.1) is 0 Å². The molecule has 14 heavy (non-hydrogen) atoms. The molecule has 0 aliphatic rings. The molecule has 74 valence electrons. The molecule has 0 heterocycles. The molecule has 0 aliphatic carbocycles. The maximum atomic E-state index is 10.8. The number of hydrogen-bond acceptors (Lipinski definition) is 2. The zero-order valence-corrected chi connectivity index (χ0v) is 12.8. The Bertz CT molecular complexity index is 346. The zero-order valence-electron chi connectivity index (χ0n) is 6.48. The van der Waals surface area contributed by atoms with Crippen LogP contribution in [0.15, 0.2) is 17.9 Å². The first kappa shape index (κ1) is 12.5. The Morgan fingerprint density at radius 2 is 0.857 bits per heavy atom. The van der Waals surface area contributed by atoms with E-state index in [0.29, 0.717) is 41.6 Å². The number of aldehydes is 2. The van der Waals surface area contributed by atoms with E-state index >= 15 is 0 Å². The molecule has 0 spiro atoms. The van der Waals surface area contributed by atoms with Crippen LogP contribution < -0.4 is 0 Å². The maximum absolute atomic E-state index is 10.8. The van der Waals surface area contributed by atoms with E-state index < -0.39 is 0 Å². The first-order chi connectivity index (χ1) is 6.54. The fraction of sp³-hybridized carbons (Fsp3) is 0. The highest BCUT2D eigenvalue weighted by Crippen LogP contribution is 2.40. The molecule has 0 bridgehead atoms. The Morgan fingerprint density at radius 3 is 1.00 bits per heavy atom. The van der Waals surface area contributed by atoms with Crippen LogP contribution in [0.25, 0.3) is 0 Å². The van der Waals surface area contributed by atoms with Gasteiger partial charge in [0.15, 0.2) is 12.6 Å². The molecule has 0 saturated carbocycles. The monoisotopic (exact) mass is 446 g/mol. The van der Waals surface area contributed by atoms with Crippen LogP contribution in [0.3, 0.4) is 0 Å². The van der Waals surface area contributed by atoms with Crippen molar-refractivity contribution in [3.05, 3.63) is 29.0 Å². The highest BCUT2D eigenvalue weighted by molar-refractivity contribution is 9.14. The summed E-state index contributed by atoms with van der Waals surface area (Å²) in [6, 6.07) is 0. The second-order valence-corrected chi connectivity index (χ2v) is 5.49. The lowest BCUT2D eigenvalue weighted by molar-refractivity contribution is 0.111. The van der Waals surface area contributed by atoms with Crippen molar-refractivity contribution < 1.29 is 9.59 Å². The Morgan fingerprint density at radius 1 is 0.643 bits per heavy atom. The molecule has 0 radical (unpaired) electrons. The summed E-state index contributed by atoms with van der Waals surface area (Å²) >= 11 is 12.9. The van der Waals surface area contributed by atoms with E-state index in [4.69, 9.17) is 0 Å². The van der Waals surface area contributed by atoms with Gasteiger partial charge in [0.25, 0.3) is 0 Å². The van der Waals surface area contributed by atoms with Crippen molar-refractivity contribution in [2.24, 2.45) is 0 Å². The lowest BCUT2D eigenvalue weighted by Gasteiger charge is -2.08. The molecule has 0 amide bonds. The third-order valence-electron chi connectivity index (χ3n) is 1.57. The number of carbonyl (C=O) groups excluding carboxylic acids is 2. The highest BCUT2D eigenvalue weighted by atomic mass is 79.9.